The first-order valence-electron chi connectivity index (χ1n) is 11.5. The van der Waals surface area contributed by atoms with E-state index in [4.69, 9.17) is 5.10 Å². The van der Waals surface area contributed by atoms with Crippen molar-refractivity contribution in [2.45, 2.75) is 46.8 Å². The number of hydrogen-bond donors (Lipinski definition) is 0. The van der Waals surface area contributed by atoms with Gasteiger partial charge in [-0.05, 0) is 67.9 Å². The molecule has 1 fully saturated rings. The average Bonchev–Trinajstić information content (AvgIpc) is 3.41. The lowest BCUT2D eigenvalue weighted by molar-refractivity contribution is 0.203. The molecule has 1 aromatic carbocycles. The molecular formula is C25H34FN5S. The Bertz CT molecular complexity index is 1010. The second-order valence-corrected chi connectivity index (χ2v) is 9.61. The van der Waals surface area contributed by atoms with Gasteiger partial charge in [-0.3, -0.25) is 4.90 Å². The Morgan fingerprint density at radius 1 is 1.12 bits per heavy atom. The molecule has 0 aliphatic carbocycles. The first-order chi connectivity index (χ1) is 15.5. The molecule has 32 heavy (non-hydrogen) atoms. The molecule has 0 radical (unpaired) electrons. The number of nitrogens with zero attached hydrogens (tertiary/aromatic N) is 5. The first kappa shape index (κ1) is 23.0. The molecular weight excluding hydrogens is 421 g/mol. The van der Waals surface area contributed by atoms with Crippen molar-refractivity contribution >= 4 is 17.2 Å². The molecule has 7 heteroatoms. The standard InChI is InChI=1S/C25H34FN5S/c1-5-28-10-12-29(13-11-28)25-24(17-30(19(2)3)16-21-9-14-32-18-21)20(4)27-31(25)23-8-6-7-22(26)15-23/h6-9,14-15,18-19H,5,10-13,16-17H2,1-4H3. The topological polar surface area (TPSA) is 27.5 Å². The monoisotopic (exact) mass is 455 g/mol. The van der Waals surface area contributed by atoms with Crippen molar-refractivity contribution in [3.8, 4) is 5.69 Å². The number of likely N-dealkylation sites (N-methyl/N-ethyl adjacent to an activating group) is 1. The molecule has 3 heterocycles. The Morgan fingerprint density at radius 3 is 2.53 bits per heavy atom. The largest absolute Gasteiger partial charge is 0.354 e. The number of aromatic nitrogens is 2. The van der Waals surface area contributed by atoms with Crippen molar-refractivity contribution in [3.05, 3.63) is 63.7 Å². The van der Waals surface area contributed by atoms with Crippen LogP contribution in [-0.4, -0.2) is 58.3 Å². The third-order valence-corrected chi connectivity index (χ3v) is 7.12. The van der Waals surface area contributed by atoms with E-state index in [-0.39, 0.29) is 5.82 Å². The van der Waals surface area contributed by atoms with E-state index in [0.29, 0.717) is 6.04 Å². The van der Waals surface area contributed by atoms with Crippen LogP contribution in [0.5, 0.6) is 0 Å². The quantitative estimate of drug-likeness (QED) is 0.481. The second kappa shape index (κ2) is 10.1. The molecule has 0 spiro atoms. The molecule has 5 nitrogen and oxygen atoms in total. The molecule has 0 saturated carbocycles. The van der Waals surface area contributed by atoms with E-state index in [2.05, 4.69) is 59.2 Å². The maximum absolute atomic E-state index is 14.1. The molecule has 2 aromatic heterocycles. The number of anilines is 1. The van der Waals surface area contributed by atoms with E-state index in [1.54, 1.807) is 23.5 Å². The van der Waals surface area contributed by atoms with E-state index in [0.717, 1.165) is 63.0 Å². The van der Waals surface area contributed by atoms with Crippen LogP contribution < -0.4 is 4.90 Å². The minimum absolute atomic E-state index is 0.236. The number of thiophene rings is 1. The third kappa shape index (κ3) is 5.05. The van der Waals surface area contributed by atoms with Gasteiger partial charge in [0, 0.05) is 50.9 Å². The highest BCUT2D eigenvalue weighted by atomic mass is 32.1. The van der Waals surface area contributed by atoms with E-state index >= 15 is 0 Å². The van der Waals surface area contributed by atoms with Gasteiger partial charge < -0.3 is 9.80 Å². The molecule has 0 atom stereocenters. The summed E-state index contributed by atoms with van der Waals surface area (Å²) in [5, 5.41) is 9.28. The van der Waals surface area contributed by atoms with Gasteiger partial charge in [-0.2, -0.15) is 16.4 Å². The van der Waals surface area contributed by atoms with E-state index in [1.807, 2.05) is 10.7 Å². The van der Waals surface area contributed by atoms with E-state index in [9.17, 15) is 4.39 Å². The third-order valence-electron chi connectivity index (χ3n) is 6.39. The van der Waals surface area contributed by atoms with Crippen LogP contribution in [0.3, 0.4) is 0 Å². The summed E-state index contributed by atoms with van der Waals surface area (Å²) in [6, 6.07) is 9.37. The summed E-state index contributed by atoms with van der Waals surface area (Å²) in [6.07, 6.45) is 0. The van der Waals surface area contributed by atoms with Gasteiger partial charge in [-0.15, -0.1) is 0 Å². The predicted molar refractivity (Wildman–Crippen MR) is 131 cm³/mol. The summed E-state index contributed by atoms with van der Waals surface area (Å²) in [7, 11) is 0. The fraction of sp³-hybridized carbons (Fsp3) is 0.480. The van der Waals surface area contributed by atoms with Gasteiger partial charge in [0.15, 0.2) is 0 Å². The Labute approximate surface area is 195 Å². The summed E-state index contributed by atoms with van der Waals surface area (Å²) in [5.41, 5.74) is 4.37. The molecule has 4 rings (SSSR count). The zero-order valence-corrected chi connectivity index (χ0v) is 20.4. The number of piperazine rings is 1. The highest BCUT2D eigenvalue weighted by molar-refractivity contribution is 7.07. The summed E-state index contributed by atoms with van der Waals surface area (Å²) >= 11 is 1.74. The van der Waals surface area contributed by atoms with Crippen LogP contribution in [0.1, 0.15) is 37.6 Å². The summed E-state index contributed by atoms with van der Waals surface area (Å²) in [5.74, 6) is 0.875. The van der Waals surface area contributed by atoms with Crippen molar-refractivity contribution in [3.63, 3.8) is 0 Å². The zero-order valence-electron chi connectivity index (χ0n) is 19.6. The van der Waals surface area contributed by atoms with Crippen LogP contribution in [0.25, 0.3) is 5.69 Å². The second-order valence-electron chi connectivity index (χ2n) is 8.83. The highest BCUT2D eigenvalue weighted by Crippen LogP contribution is 2.31. The molecule has 1 aliphatic rings. The number of benzene rings is 1. The van der Waals surface area contributed by atoms with Gasteiger partial charge in [-0.25, -0.2) is 9.07 Å². The van der Waals surface area contributed by atoms with Crippen LogP contribution in [0.4, 0.5) is 10.2 Å². The minimum Gasteiger partial charge on any atom is -0.354 e. The van der Waals surface area contributed by atoms with Crippen molar-refractivity contribution < 1.29 is 4.39 Å². The summed E-state index contributed by atoms with van der Waals surface area (Å²) in [4.78, 5) is 7.41. The fourth-order valence-electron chi connectivity index (χ4n) is 4.36. The van der Waals surface area contributed by atoms with E-state index < -0.39 is 0 Å². The fourth-order valence-corrected chi connectivity index (χ4v) is 5.02. The molecule has 0 N–H and O–H groups in total. The summed E-state index contributed by atoms with van der Waals surface area (Å²) < 4.78 is 16.0. The Balaban J connectivity index is 1.72. The van der Waals surface area contributed by atoms with Gasteiger partial charge >= 0.3 is 0 Å². The van der Waals surface area contributed by atoms with Gasteiger partial charge in [0.05, 0.1) is 11.4 Å². The van der Waals surface area contributed by atoms with Gasteiger partial charge in [0.2, 0.25) is 0 Å². The van der Waals surface area contributed by atoms with Crippen molar-refractivity contribution in [2.24, 2.45) is 0 Å². The number of halogens is 1. The maximum atomic E-state index is 14.1. The molecule has 172 valence electrons. The van der Waals surface area contributed by atoms with Crippen LogP contribution in [0.15, 0.2) is 41.1 Å². The van der Waals surface area contributed by atoms with Crippen molar-refractivity contribution in [2.75, 3.05) is 37.6 Å². The normalized spacial score (nSPS) is 15.3. The number of aryl methyl sites for hydroxylation is 1. The molecule has 1 saturated heterocycles. The van der Waals surface area contributed by atoms with Crippen molar-refractivity contribution in [1.29, 1.82) is 0 Å². The molecule has 0 unspecified atom stereocenters. The number of hydrogen-bond acceptors (Lipinski definition) is 5. The maximum Gasteiger partial charge on any atom is 0.137 e. The number of rotatable bonds is 8. The zero-order chi connectivity index (χ0) is 22.7. The lowest BCUT2D eigenvalue weighted by Crippen LogP contribution is -2.47. The predicted octanol–water partition coefficient (Wildman–Crippen LogP) is 4.93. The SMILES string of the molecule is CCN1CCN(c2c(CN(Cc3ccsc3)C(C)C)c(C)nn2-c2cccc(F)c2)CC1. The van der Waals surface area contributed by atoms with Crippen LogP contribution in [0, 0.1) is 12.7 Å². The molecule has 0 bridgehead atoms. The Kier molecular flexibility index (Phi) is 7.28. The van der Waals surface area contributed by atoms with Crippen molar-refractivity contribution in [1.82, 2.24) is 19.6 Å². The van der Waals surface area contributed by atoms with Gasteiger partial charge in [-0.1, -0.05) is 13.0 Å². The van der Waals surface area contributed by atoms with Crippen LogP contribution in [0.2, 0.25) is 0 Å². The average molecular weight is 456 g/mol. The van der Waals surface area contributed by atoms with Gasteiger partial charge in [0.1, 0.15) is 11.6 Å². The molecule has 1 aliphatic heterocycles. The highest BCUT2D eigenvalue weighted by Gasteiger charge is 2.27. The van der Waals surface area contributed by atoms with E-state index in [1.165, 1.54) is 17.2 Å². The first-order valence-corrected chi connectivity index (χ1v) is 12.5. The lowest BCUT2D eigenvalue weighted by Gasteiger charge is -2.36. The van der Waals surface area contributed by atoms with Crippen LogP contribution in [-0.2, 0) is 13.1 Å². The Morgan fingerprint density at radius 2 is 1.91 bits per heavy atom. The Hall–Kier alpha value is -2.22. The van der Waals surface area contributed by atoms with Crippen LogP contribution >= 0.6 is 11.3 Å². The van der Waals surface area contributed by atoms with Gasteiger partial charge in [0.25, 0.3) is 0 Å². The smallest absolute Gasteiger partial charge is 0.137 e. The minimum atomic E-state index is -0.236. The molecule has 0 amide bonds. The molecule has 3 aromatic rings. The summed E-state index contributed by atoms with van der Waals surface area (Å²) in [6.45, 7) is 15.6. The lowest BCUT2D eigenvalue weighted by atomic mass is 10.1.